The van der Waals surface area contributed by atoms with Gasteiger partial charge < -0.3 is 24.8 Å². The molecule has 1 aliphatic heterocycles. The van der Waals surface area contributed by atoms with Crippen LogP contribution in [0.5, 0.6) is 5.75 Å². The lowest BCUT2D eigenvalue weighted by atomic mass is 10.1. The average Bonchev–Trinajstić information content (AvgIpc) is 3.05. The van der Waals surface area contributed by atoms with E-state index >= 15 is 4.39 Å². The van der Waals surface area contributed by atoms with Gasteiger partial charge in [0.1, 0.15) is 29.8 Å². The summed E-state index contributed by atoms with van der Waals surface area (Å²) >= 11 is 2.77. The second-order valence-corrected chi connectivity index (χ2v) is 10.8. The Morgan fingerprint density at radius 1 is 1.42 bits per heavy atom. The minimum absolute atomic E-state index is 0.0784. The topological polar surface area (TPSA) is 164 Å². The monoisotopic (exact) mass is 592 g/mol. The Morgan fingerprint density at radius 3 is 2.75 bits per heavy atom. The quantitative estimate of drug-likeness (QED) is 0.199. The van der Waals surface area contributed by atoms with Gasteiger partial charge in [-0.15, -0.1) is 0 Å². The second kappa shape index (κ2) is 11.8. The van der Waals surface area contributed by atoms with Crippen LogP contribution in [0.15, 0.2) is 47.4 Å². The Bertz CT molecular complexity index is 1150. The van der Waals surface area contributed by atoms with Gasteiger partial charge in [0.2, 0.25) is 4.58 Å². The molecule has 1 aromatic heterocycles. The van der Waals surface area contributed by atoms with E-state index < -0.39 is 55.1 Å². The lowest BCUT2D eigenvalue weighted by molar-refractivity contribution is -0.145. The number of anilines is 1. The number of nitrogens with zero attached hydrogens (tertiary/aromatic N) is 2. The van der Waals surface area contributed by atoms with Crippen molar-refractivity contribution in [1.29, 1.82) is 0 Å². The normalized spacial score (nSPS) is 26.2. The van der Waals surface area contributed by atoms with Crippen molar-refractivity contribution < 1.29 is 37.4 Å². The Hall–Kier alpha value is -2.35. The molecule has 0 bridgehead atoms. The summed E-state index contributed by atoms with van der Waals surface area (Å²) in [5.41, 5.74) is 4.56. The molecule has 0 aliphatic carbocycles. The smallest absolute Gasteiger partial charge is 0.459 e. The maximum atomic E-state index is 15.4. The highest BCUT2D eigenvalue weighted by molar-refractivity contribution is 9.10. The van der Waals surface area contributed by atoms with E-state index in [0.717, 1.165) is 10.8 Å². The van der Waals surface area contributed by atoms with Gasteiger partial charge in [-0.1, -0.05) is 25.1 Å². The fourth-order valence-electron chi connectivity index (χ4n) is 3.21. The highest BCUT2D eigenvalue weighted by Gasteiger charge is 2.57. The number of esters is 1. The van der Waals surface area contributed by atoms with Crippen LogP contribution in [-0.4, -0.2) is 56.7 Å². The first-order valence-electron chi connectivity index (χ1n) is 11.0. The van der Waals surface area contributed by atoms with Crippen LogP contribution in [0.1, 0.15) is 26.5 Å². The van der Waals surface area contributed by atoms with Crippen LogP contribution in [0.25, 0.3) is 0 Å². The van der Waals surface area contributed by atoms with Crippen LogP contribution < -0.4 is 21.0 Å². The summed E-state index contributed by atoms with van der Waals surface area (Å²) < 4.78 is 48.7. The minimum atomic E-state index is -4.29. The first kappa shape index (κ1) is 28.2. The standard InChI is InChI=1S/C21H27BrFN4O8P/c1-3-11-32-18(29)13(2)26-36(31,35-14-7-5-4-6-8-14)33-12-15-17(28)21(22,23)19(34-15)27-10-9-16(24)25-20(27)30/h4-10,13,15,17,19,28H,3,11-12H2,1-2H3,(H,26,31)(H2,24,25,30)/t13-,15?,17-,19+,21?,36?/m0/s1. The molecule has 15 heteroatoms. The van der Waals surface area contributed by atoms with Gasteiger partial charge in [-0.2, -0.15) is 10.1 Å². The number of rotatable bonds is 11. The maximum absolute atomic E-state index is 15.4. The number of nitrogens with two attached hydrogens (primary N) is 1. The molecule has 3 unspecified atom stereocenters. The van der Waals surface area contributed by atoms with Gasteiger partial charge in [-0.3, -0.25) is 13.9 Å². The van der Waals surface area contributed by atoms with Crippen molar-refractivity contribution in [2.45, 2.75) is 49.3 Å². The number of carbonyl (C=O) groups is 1. The number of nitrogens with one attached hydrogen (secondary N) is 1. The zero-order valence-electron chi connectivity index (χ0n) is 19.5. The van der Waals surface area contributed by atoms with E-state index in [1.807, 2.05) is 6.92 Å². The van der Waals surface area contributed by atoms with Crippen molar-refractivity contribution in [1.82, 2.24) is 14.6 Å². The van der Waals surface area contributed by atoms with Crippen LogP contribution in [0.4, 0.5) is 10.2 Å². The molecule has 12 nitrogen and oxygen atoms in total. The second-order valence-electron chi connectivity index (χ2n) is 7.90. The number of benzene rings is 1. The van der Waals surface area contributed by atoms with Gasteiger partial charge in [0.25, 0.3) is 0 Å². The Labute approximate surface area is 214 Å². The van der Waals surface area contributed by atoms with E-state index in [9.17, 15) is 19.3 Å². The summed E-state index contributed by atoms with van der Waals surface area (Å²) in [6.07, 6.45) is -3.15. The number of alkyl halides is 2. The number of aliphatic hydroxyl groups is 1. The van der Waals surface area contributed by atoms with Gasteiger partial charge in [-0.05, 0) is 47.5 Å². The molecular formula is C21H27BrFN4O8P. The van der Waals surface area contributed by atoms with E-state index in [1.54, 1.807) is 18.2 Å². The summed E-state index contributed by atoms with van der Waals surface area (Å²) in [4.78, 5) is 27.9. The van der Waals surface area contributed by atoms with Gasteiger partial charge in [0.15, 0.2) is 6.23 Å². The molecule has 1 fully saturated rings. The van der Waals surface area contributed by atoms with E-state index in [-0.39, 0.29) is 18.2 Å². The van der Waals surface area contributed by atoms with E-state index in [4.69, 9.17) is 24.3 Å². The van der Waals surface area contributed by atoms with E-state index in [0.29, 0.717) is 6.42 Å². The molecule has 3 rings (SSSR count). The summed E-state index contributed by atoms with van der Waals surface area (Å²) in [6.45, 7) is 2.76. The predicted octanol–water partition coefficient (Wildman–Crippen LogP) is 2.28. The minimum Gasteiger partial charge on any atom is -0.465 e. The molecule has 4 N–H and O–H groups in total. The SMILES string of the molecule is CCCOC(=O)[C@H](C)NP(=O)(OCC1O[C@@H](n2ccc(N)nc2=O)C(F)(Br)[C@H]1O)Oc1ccccc1. The number of hydrogen-bond acceptors (Lipinski definition) is 10. The highest BCUT2D eigenvalue weighted by Crippen LogP contribution is 2.49. The number of aromatic nitrogens is 2. The van der Waals surface area contributed by atoms with Crippen molar-refractivity contribution in [3.8, 4) is 5.75 Å². The first-order chi connectivity index (χ1) is 17.0. The summed E-state index contributed by atoms with van der Waals surface area (Å²) in [6, 6.07) is 8.17. The van der Waals surface area contributed by atoms with Crippen molar-refractivity contribution in [3.63, 3.8) is 0 Å². The van der Waals surface area contributed by atoms with Crippen LogP contribution in [-0.2, 0) is 23.4 Å². The Balaban J connectivity index is 1.78. The third-order valence-electron chi connectivity index (χ3n) is 5.01. The fourth-order valence-corrected chi connectivity index (χ4v) is 5.34. The number of aliphatic hydroxyl groups excluding tert-OH is 1. The average molecular weight is 593 g/mol. The van der Waals surface area contributed by atoms with Crippen LogP contribution in [0, 0.1) is 0 Å². The molecule has 1 saturated heterocycles. The molecule has 2 heterocycles. The molecule has 0 amide bonds. The van der Waals surface area contributed by atoms with E-state index in [2.05, 4.69) is 26.0 Å². The van der Waals surface area contributed by atoms with Crippen molar-refractivity contribution >= 4 is 35.5 Å². The third-order valence-corrected chi connectivity index (χ3v) is 7.52. The van der Waals surface area contributed by atoms with Gasteiger partial charge in [0.05, 0.1) is 13.2 Å². The number of carbonyl (C=O) groups excluding carboxylic acids is 1. The number of para-hydroxylation sites is 1. The zero-order chi connectivity index (χ0) is 26.5. The first-order valence-corrected chi connectivity index (χ1v) is 13.3. The lowest BCUT2D eigenvalue weighted by Crippen LogP contribution is -2.41. The largest absolute Gasteiger partial charge is 0.465 e. The number of halogens is 2. The van der Waals surface area contributed by atoms with Gasteiger partial charge in [-0.25, -0.2) is 13.8 Å². The molecule has 0 saturated carbocycles. The van der Waals surface area contributed by atoms with Crippen LogP contribution in [0.2, 0.25) is 0 Å². The molecule has 1 aromatic carbocycles. The molecule has 36 heavy (non-hydrogen) atoms. The molecule has 6 atom stereocenters. The summed E-state index contributed by atoms with van der Waals surface area (Å²) in [5.74, 6) is -0.605. The number of nitrogen functional groups attached to an aromatic ring is 1. The van der Waals surface area contributed by atoms with Crippen molar-refractivity contribution in [2.75, 3.05) is 18.9 Å². The van der Waals surface area contributed by atoms with Crippen LogP contribution in [0.3, 0.4) is 0 Å². The van der Waals surface area contributed by atoms with Crippen LogP contribution >= 0.6 is 23.7 Å². The zero-order valence-corrected chi connectivity index (χ0v) is 21.9. The molecule has 0 radical (unpaired) electrons. The molecule has 1 aliphatic rings. The Morgan fingerprint density at radius 2 is 2.11 bits per heavy atom. The fraction of sp³-hybridized carbons (Fsp3) is 0.476. The third kappa shape index (κ3) is 6.69. The van der Waals surface area contributed by atoms with E-state index in [1.165, 1.54) is 25.1 Å². The van der Waals surface area contributed by atoms with Crippen molar-refractivity contribution in [2.24, 2.45) is 0 Å². The molecule has 2 aromatic rings. The van der Waals surface area contributed by atoms with Gasteiger partial charge >= 0.3 is 19.4 Å². The maximum Gasteiger partial charge on any atom is 0.459 e. The molecule has 0 spiro atoms. The number of hydrogen-bond donors (Lipinski definition) is 3. The van der Waals surface area contributed by atoms with Gasteiger partial charge in [0, 0.05) is 6.20 Å². The number of ether oxygens (including phenoxy) is 2. The summed E-state index contributed by atoms with van der Waals surface area (Å²) in [7, 11) is -4.29. The lowest BCUT2D eigenvalue weighted by Gasteiger charge is -2.24. The summed E-state index contributed by atoms with van der Waals surface area (Å²) in [5, 5.41) is 13.0. The van der Waals surface area contributed by atoms with Crippen molar-refractivity contribution in [3.05, 3.63) is 53.1 Å². The molecule has 198 valence electrons. The highest BCUT2D eigenvalue weighted by atomic mass is 79.9. The molecular weight excluding hydrogens is 566 g/mol. The Kier molecular flexibility index (Phi) is 9.25. The predicted molar refractivity (Wildman–Crippen MR) is 130 cm³/mol.